The van der Waals surface area contributed by atoms with Crippen LogP contribution in [-0.4, -0.2) is 23.7 Å². The molecule has 0 unspecified atom stereocenters. The van der Waals surface area contributed by atoms with Gasteiger partial charge < -0.3 is 0 Å². The van der Waals surface area contributed by atoms with Crippen LogP contribution in [-0.2, 0) is 0 Å². The van der Waals surface area contributed by atoms with Gasteiger partial charge in [0.05, 0.1) is 5.88 Å². The fraction of sp³-hybridized carbons (Fsp3) is 0.273. The van der Waals surface area contributed by atoms with Gasteiger partial charge in [0.1, 0.15) is 5.04 Å². The van der Waals surface area contributed by atoms with Crippen LogP contribution in [0.4, 0.5) is 0 Å². The van der Waals surface area contributed by atoms with Gasteiger partial charge in [-0.2, -0.15) is 0 Å². The molecule has 0 spiro atoms. The Balaban J connectivity index is 2.09. The summed E-state index contributed by atoms with van der Waals surface area (Å²) in [6.07, 6.45) is 15.4. The zero-order valence-corrected chi connectivity index (χ0v) is 9.93. The van der Waals surface area contributed by atoms with Crippen LogP contribution in [0.2, 0.25) is 0 Å². The Bertz CT molecular complexity index is 335. The molecule has 1 aliphatic heterocycles. The molecular weight excluding hydrogens is 224 g/mol. The minimum atomic E-state index is 0.715. The van der Waals surface area contributed by atoms with E-state index in [-0.39, 0.29) is 0 Å². The predicted octanol–water partition coefficient (Wildman–Crippen LogP) is 2.94. The fourth-order valence-electron chi connectivity index (χ4n) is 0.860. The van der Waals surface area contributed by atoms with Crippen LogP contribution >= 0.6 is 21.6 Å². The number of rotatable bonds is 4. The third-order valence-electron chi connectivity index (χ3n) is 1.48. The van der Waals surface area contributed by atoms with Crippen LogP contribution in [0, 0.1) is 12.3 Å². The van der Waals surface area contributed by atoms with Gasteiger partial charge in [0.2, 0.25) is 0 Å². The molecule has 1 aliphatic rings. The van der Waals surface area contributed by atoms with Crippen molar-refractivity contribution in [2.24, 2.45) is 9.98 Å². The molecule has 0 aliphatic carbocycles. The first kappa shape index (κ1) is 12.2. The van der Waals surface area contributed by atoms with Crippen molar-refractivity contribution >= 4 is 32.8 Å². The van der Waals surface area contributed by atoms with Gasteiger partial charge >= 0.3 is 0 Å². The maximum atomic E-state index is 5.04. The Morgan fingerprint density at radius 3 is 3.33 bits per heavy atom. The highest BCUT2D eigenvalue weighted by Gasteiger charge is 1.98. The number of dihydropyridines is 1. The summed E-state index contributed by atoms with van der Waals surface area (Å²) in [6, 6.07) is 0. The minimum absolute atomic E-state index is 0.715. The normalized spacial score (nSPS) is 15.8. The van der Waals surface area contributed by atoms with Gasteiger partial charge in [0, 0.05) is 12.8 Å². The predicted molar refractivity (Wildman–Crippen MR) is 72.6 cm³/mol. The van der Waals surface area contributed by atoms with Crippen LogP contribution in [0.15, 0.2) is 34.3 Å². The molecule has 2 nitrogen and oxygen atoms in total. The van der Waals surface area contributed by atoms with E-state index in [1.54, 1.807) is 40.0 Å². The van der Waals surface area contributed by atoms with Crippen molar-refractivity contribution in [3.8, 4) is 12.3 Å². The van der Waals surface area contributed by atoms with Crippen LogP contribution in [0.3, 0.4) is 0 Å². The molecule has 1 heterocycles. The van der Waals surface area contributed by atoms with Gasteiger partial charge in [-0.15, -0.1) is 6.42 Å². The number of allylic oxidation sites excluding steroid dienone is 2. The zero-order chi connectivity index (χ0) is 10.8. The van der Waals surface area contributed by atoms with Crippen LogP contribution in [0.1, 0.15) is 6.42 Å². The van der Waals surface area contributed by atoms with Gasteiger partial charge in [-0.05, 0) is 35.4 Å². The third-order valence-corrected chi connectivity index (χ3v) is 3.47. The Morgan fingerprint density at radius 1 is 1.67 bits per heavy atom. The van der Waals surface area contributed by atoms with E-state index < -0.39 is 0 Å². The van der Waals surface area contributed by atoms with Crippen molar-refractivity contribution in [2.45, 2.75) is 6.42 Å². The highest BCUT2D eigenvalue weighted by Crippen LogP contribution is 2.24. The summed E-state index contributed by atoms with van der Waals surface area (Å²) >= 11 is 0. The Kier molecular flexibility index (Phi) is 6.80. The quantitative estimate of drug-likeness (QED) is 0.324. The summed E-state index contributed by atoms with van der Waals surface area (Å²) in [7, 11) is 3.33. The van der Waals surface area contributed by atoms with Crippen molar-refractivity contribution < 1.29 is 0 Å². The molecule has 0 bridgehead atoms. The lowest BCUT2D eigenvalue weighted by molar-refractivity contribution is 1.000. The van der Waals surface area contributed by atoms with E-state index in [1.807, 2.05) is 0 Å². The monoisotopic (exact) mass is 236 g/mol. The molecule has 0 radical (unpaired) electrons. The zero-order valence-electron chi connectivity index (χ0n) is 8.30. The molecule has 0 saturated carbocycles. The summed E-state index contributed by atoms with van der Waals surface area (Å²) in [5, 5.41) is 1.08. The van der Waals surface area contributed by atoms with E-state index >= 15 is 0 Å². The number of hydrogen-bond donors (Lipinski definition) is 0. The molecule has 1 rings (SSSR count). The highest BCUT2D eigenvalue weighted by atomic mass is 33.1. The smallest absolute Gasteiger partial charge is 0.101 e. The summed E-state index contributed by atoms with van der Waals surface area (Å²) in [5.41, 5.74) is 0. The number of aliphatic imine (C=N–C) groups is 2. The van der Waals surface area contributed by atoms with Gasteiger partial charge in [-0.3, -0.25) is 9.98 Å². The number of terminal acetylenes is 1. The Labute approximate surface area is 98.4 Å². The molecule has 0 aromatic carbocycles. The largest absolute Gasteiger partial charge is 0.281 e. The molecule has 0 atom stereocenters. The van der Waals surface area contributed by atoms with E-state index in [1.165, 1.54) is 0 Å². The first-order valence-corrected chi connectivity index (χ1v) is 6.87. The maximum absolute atomic E-state index is 5.04. The molecule has 15 heavy (non-hydrogen) atoms. The molecule has 4 heteroatoms. The van der Waals surface area contributed by atoms with E-state index in [0.717, 1.165) is 18.0 Å². The van der Waals surface area contributed by atoms with Crippen molar-refractivity contribution in [3.05, 3.63) is 24.3 Å². The molecule has 0 saturated heterocycles. The summed E-state index contributed by atoms with van der Waals surface area (Å²) in [5.74, 6) is 3.11. The molecule has 78 valence electrons. The lowest BCUT2D eigenvalue weighted by Gasteiger charge is -2.02. The second-order valence-corrected chi connectivity index (χ2v) is 4.88. The second kappa shape index (κ2) is 8.39. The third kappa shape index (κ3) is 6.21. The van der Waals surface area contributed by atoms with E-state index in [2.05, 4.69) is 28.1 Å². The van der Waals surface area contributed by atoms with Crippen molar-refractivity contribution in [1.82, 2.24) is 0 Å². The molecule has 0 aromatic heterocycles. The molecule has 0 aromatic rings. The first-order chi connectivity index (χ1) is 7.43. The van der Waals surface area contributed by atoms with Gasteiger partial charge in [0.25, 0.3) is 0 Å². The van der Waals surface area contributed by atoms with Crippen molar-refractivity contribution in [2.75, 3.05) is 12.4 Å². The first-order valence-electron chi connectivity index (χ1n) is 4.55. The molecule has 0 amide bonds. The van der Waals surface area contributed by atoms with Crippen LogP contribution < -0.4 is 0 Å². The maximum Gasteiger partial charge on any atom is 0.101 e. The van der Waals surface area contributed by atoms with Gasteiger partial charge in [0.15, 0.2) is 0 Å². The Morgan fingerprint density at radius 2 is 2.60 bits per heavy atom. The summed E-state index contributed by atoms with van der Waals surface area (Å²) < 4.78 is 0. The molecule has 0 fully saturated rings. The average molecular weight is 236 g/mol. The van der Waals surface area contributed by atoms with Gasteiger partial charge in [-0.25, -0.2) is 0 Å². The lowest BCUT2D eigenvalue weighted by atomic mass is 10.3. The SMILES string of the molecule is C#C/C=C\C=N/CSSC1=NCCC=C1. The molecule has 0 N–H and O–H groups in total. The van der Waals surface area contributed by atoms with Crippen molar-refractivity contribution in [3.63, 3.8) is 0 Å². The number of nitrogens with zero attached hydrogens (tertiary/aromatic N) is 2. The highest BCUT2D eigenvalue weighted by molar-refractivity contribution is 8.82. The van der Waals surface area contributed by atoms with Crippen LogP contribution in [0.25, 0.3) is 0 Å². The number of hydrogen-bond acceptors (Lipinski definition) is 4. The second-order valence-electron chi connectivity index (χ2n) is 2.60. The topological polar surface area (TPSA) is 24.7 Å². The standard InChI is InChI=1S/C11H12N2S2/c1-2-3-5-8-12-10-14-15-11-7-4-6-9-13-11/h1,3-5,7-8H,6,9-10H2/b5-3-,12-8-. The van der Waals surface area contributed by atoms with E-state index in [4.69, 9.17) is 6.42 Å². The lowest BCUT2D eigenvalue weighted by Crippen LogP contribution is -1.93. The van der Waals surface area contributed by atoms with Crippen LogP contribution in [0.5, 0.6) is 0 Å². The minimum Gasteiger partial charge on any atom is -0.281 e. The fourth-order valence-corrected chi connectivity index (χ4v) is 2.50. The van der Waals surface area contributed by atoms with Crippen molar-refractivity contribution in [1.29, 1.82) is 0 Å². The summed E-state index contributed by atoms with van der Waals surface area (Å²) in [4.78, 5) is 8.51. The molecular formula is C11H12N2S2. The summed E-state index contributed by atoms with van der Waals surface area (Å²) in [6.45, 7) is 0.910. The van der Waals surface area contributed by atoms with E-state index in [0.29, 0.717) is 5.88 Å². The van der Waals surface area contributed by atoms with E-state index in [9.17, 15) is 0 Å². The van der Waals surface area contributed by atoms with Gasteiger partial charge in [-0.1, -0.05) is 22.8 Å². The average Bonchev–Trinajstić information content (AvgIpc) is 2.29. The Hall–Kier alpha value is -0.920.